The summed E-state index contributed by atoms with van der Waals surface area (Å²) in [5.74, 6) is 1.92. The van der Waals surface area contributed by atoms with Crippen LogP contribution in [0.5, 0.6) is 28.7 Å². The van der Waals surface area contributed by atoms with Gasteiger partial charge in [0.15, 0.2) is 23.0 Å². The topological polar surface area (TPSA) is 132 Å². The number of quaternary nitrogens is 1. The fourth-order valence-electron chi connectivity index (χ4n) is 3.75. The normalized spacial score (nSPS) is 15.8. The van der Waals surface area contributed by atoms with Gasteiger partial charge in [-0.15, -0.1) is 0 Å². The molecular formula is C24H34NO8P. The number of rotatable bonds is 10. The van der Waals surface area contributed by atoms with Crippen LogP contribution in [0.4, 0.5) is 0 Å². The monoisotopic (exact) mass is 495 g/mol. The fourth-order valence-corrected chi connectivity index (χ4v) is 4.76. The highest BCUT2D eigenvalue weighted by Gasteiger charge is 2.23. The predicted molar refractivity (Wildman–Crippen MR) is 130 cm³/mol. The third-order valence-corrected chi connectivity index (χ3v) is 6.36. The minimum absolute atomic E-state index is 0. The molecule has 0 saturated heterocycles. The van der Waals surface area contributed by atoms with E-state index in [4.69, 9.17) is 28.0 Å². The average Bonchev–Trinajstić information content (AvgIpc) is 2.82. The molecule has 2 aromatic rings. The number of hydrogen-bond acceptors (Lipinski definition) is 8. The maximum atomic E-state index is 12.5. The van der Waals surface area contributed by atoms with Gasteiger partial charge >= 0.3 is 7.82 Å². The lowest BCUT2D eigenvalue weighted by molar-refractivity contribution is -0.222. The van der Waals surface area contributed by atoms with Crippen molar-refractivity contribution in [2.45, 2.75) is 38.2 Å². The summed E-state index contributed by atoms with van der Waals surface area (Å²) in [6, 6.07) is 8.64. The number of phosphoric acid groups is 1. The van der Waals surface area contributed by atoms with Crippen LogP contribution >= 0.6 is 7.82 Å². The van der Waals surface area contributed by atoms with Crippen LogP contribution in [0.15, 0.2) is 30.3 Å². The molecule has 4 N–H and O–H groups in total. The summed E-state index contributed by atoms with van der Waals surface area (Å²) >= 11 is 0. The van der Waals surface area contributed by atoms with Crippen molar-refractivity contribution in [3.8, 4) is 28.7 Å². The molecular weight excluding hydrogens is 461 g/mol. The van der Waals surface area contributed by atoms with Crippen LogP contribution in [0.25, 0.3) is 12.2 Å². The molecule has 9 nitrogen and oxygen atoms in total. The highest BCUT2D eigenvalue weighted by atomic mass is 31.2. The average molecular weight is 496 g/mol. The molecule has 1 fully saturated rings. The molecule has 0 aliphatic heterocycles. The number of hydrogen-bond donors (Lipinski definition) is 1. The molecule has 3 rings (SSSR count). The number of ether oxygens (including phenoxy) is 4. The van der Waals surface area contributed by atoms with Gasteiger partial charge in [-0.1, -0.05) is 37.5 Å². The van der Waals surface area contributed by atoms with Gasteiger partial charge in [-0.05, 0) is 48.2 Å². The fraction of sp³-hybridized carbons (Fsp3) is 0.417. The van der Waals surface area contributed by atoms with E-state index < -0.39 is 7.82 Å². The molecule has 1 atom stereocenters. The van der Waals surface area contributed by atoms with E-state index in [9.17, 15) is 9.46 Å². The Kier molecular flexibility index (Phi) is 10.3. The molecule has 0 bridgehead atoms. The van der Waals surface area contributed by atoms with E-state index in [0.29, 0.717) is 41.4 Å². The lowest BCUT2D eigenvalue weighted by atomic mass is 9.98. The summed E-state index contributed by atoms with van der Waals surface area (Å²) < 4.78 is 44.5. The SMILES string of the molecule is COc1ccc(/C=C\c2cc(OC)c(OC)c(OC)c2)cc1OP(=O)([O-])OC1CCCCC1.[NH4+]. The molecule has 10 heteroatoms. The van der Waals surface area contributed by atoms with Gasteiger partial charge in [0, 0.05) is 0 Å². The maximum absolute atomic E-state index is 12.5. The molecule has 1 unspecified atom stereocenters. The molecule has 0 spiro atoms. The van der Waals surface area contributed by atoms with E-state index >= 15 is 0 Å². The second-order valence-corrected chi connectivity index (χ2v) is 8.89. The summed E-state index contributed by atoms with van der Waals surface area (Å²) in [6.45, 7) is 0. The maximum Gasteiger partial charge on any atom is 0.320 e. The van der Waals surface area contributed by atoms with Crippen LogP contribution in [0.3, 0.4) is 0 Å². The largest absolute Gasteiger partial charge is 0.746 e. The first-order chi connectivity index (χ1) is 15.9. The van der Waals surface area contributed by atoms with Gasteiger partial charge < -0.3 is 39.0 Å². The quantitative estimate of drug-likeness (QED) is 0.339. The molecule has 2 aromatic carbocycles. The Morgan fingerprint density at radius 1 is 0.794 bits per heavy atom. The van der Waals surface area contributed by atoms with E-state index in [0.717, 1.165) is 24.8 Å². The molecule has 188 valence electrons. The van der Waals surface area contributed by atoms with Crippen LogP contribution < -0.4 is 34.5 Å². The Balaban J connectivity index is 0.00000408. The lowest BCUT2D eigenvalue weighted by Gasteiger charge is -2.30. The Labute approximate surface area is 200 Å². The van der Waals surface area contributed by atoms with Crippen molar-refractivity contribution < 1.29 is 37.5 Å². The molecule has 1 aliphatic rings. The minimum atomic E-state index is -4.55. The second-order valence-electron chi connectivity index (χ2n) is 7.61. The summed E-state index contributed by atoms with van der Waals surface area (Å²) in [6.07, 6.45) is 7.74. The standard InChI is InChI=1S/C24H31O8P.H3N/c1-27-20-13-12-17(10-11-18-15-22(28-2)24(30-4)23(16-18)29-3)14-21(20)32-33(25,26)31-19-8-6-5-7-9-19;/h10-16,19H,5-9H2,1-4H3,(H,25,26);1H3/b11-10-;. The zero-order valence-corrected chi connectivity index (χ0v) is 21.3. The third kappa shape index (κ3) is 7.14. The third-order valence-electron chi connectivity index (χ3n) is 5.38. The van der Waals surface area contributed by atoms with Gasteiger partial charge in [-0.2, -0.15) is 0 Å². The summed E-state index contributed by atoms with van der Waals surface area (Å²) in [4.78, 5) is 12.5. The predicted octanol–water partition coefficient (Wildman–Crippen LogP) is 5.46. The van der Waals surface area contributed by atoms with Crippen LogP contribution in [0.1, 0.15) is 43.2 Å². The smallest absolute Gasteiger partial charge is 0.320 e. The lowest BCUT2D eigenvalue weighted by Crippen LogP contribution is -2.21. The number of methoxy groups -OCH3 is 4. The van der Waals surface area contributed by atoms with E-state index in [1.165, 1.54) is 7.11 Å². The van der Waals surface area contributed by atoms with Gasteiger partial charge in [-0.3, -0.25) is 4.57 Å². The van der Waals surface area contributed by atoms with Crippen LogP contribution in [0, 0.1) is 0 Å². The zero-order chi connectivity index (χ0) is 23.8. The van der Waals surface area contributed by atoms with Crippen LogP contribution in [-0.2, 0) is 9.09 Å². The van der Waals surface area contributed by atoms with Crippen LogP contribution in [-0.4, -0.2) is 34.5 Å². The second kappa shape index (κ2) is 12.7. The van der Waals surface area contributed by atoms with E-state index in [1.807, 2.05) is 24.3 Å². The van der Waals surface area contributed by atoms with Crippen molar-refractivity contribution in [3.05, 3.63) is 41.5 Å². The van der Waals surface area contributed by atoms with Gasteiger partial charge in [0.2, 0.25) is 5.75 Å². The zero-order valence-electron chi connectivity index (χ0n) is 20.4. The van der Waals surface area contributed by atoms with Gasteiger partial charge in [0.25, 0.3) is 0 Å². The molecule has 34 heavy (non-hydrogen) atoms. The molecule has 0 radical (unpaired) electrons. The van der Waals surface area contributed by atoms with Crippen LogP contribution in [0.2, 0.25) is 0 Å². The first kappa shape index (κ1) is 27.5. The van der Waals surface area contributed by atoms with E-state index in [2.05, 4.69) is 0 Å². The Morgan fingerprint density at radius 3 is 1.91 bits per heavy atom. The van der Waals surface area contributed by atoms with Gasteiger partial charge in [-0.25, -0.2) is 0 Å². The molecule has 0 heterocycles. The Hall–Kier alpha value is -2.71. The van der Waals surface area contributed by atoms with Crippen molar-refractivity contribution >= 4 is 20.0 Å². The van der Waals surface area contributed by atoms with E-state index in [1.54, 1.807) is 39.5 Å². The Morgan fingerprint density at radius 2 is 1.35 bits per heavy atom. The van der Waals surface area contributed by atoms with Gasteiger partial charge in [0.05, 0.1) is 34.5 Å². The summed E-state index contributed by atoms with van der Waals surface area (Å²) in [5, 5.41) is 0. The minimum Gasteiger partial charge on any atom is -0.746 e. The van der Waals surface area contributed by atoms with Crippen molar-refractivity contribution in [3.63, 3.8) is 0 Å². The first-order valence-electron chi connectivity index (χ1n) is 10.7. The summed E-state index contributed by atoms with van der Waals surface area (Å²) in [7, 11) is 1.54. The molecule has 1 aliphatic carbocycles. The van der Waals surface area contributed by atoms with Crippen molar-refractivity contribution in [1.82, 2.24) is 6.15 Å². The van der Waals surface area contributed by atoms with Crippen molar-refractivity contribution in [2.24, 2.45) is 0 Å². The number of phosphoric ester groups is 1. The summed E-state index contributed by atoms with van der Waals surface area (Å²) in [5.41, 5.74) is 1.51. The molecule has 0 aromatic heterocycles. The van der Waals surface area contributed by atoms with E-state index in [-0.39, 0.29) is 18.0 Å². The Bertz CT molecular complexity index is 995. The van der Waals surface area contributed by atoms with Crippen molar-refractivity contribution in [2.75, 3.05) is 28.4 Å². The highest BCUT2D eigenvalue weighted by Crippen LogP contribution is 2.46. The first-order valence-corrected chi connectivity index (χ1v) is 12.2. The van der Waals surface area contributed by atoms with Gasteiger partial charge in [0.1, 0.15) is 0 Å². The highest BCUT2D eigenvalue weighted by molar-refractivity contribution is 7.46. The molecule has 1 saturated carbocycles. The number of benzene rings is 2. The molecule has 0 amide bonds. The van der Waals surface area contributed by atoms with Crippen molar-refractivity contribution in [1.29, 1.82) is 0 Å².